The third-order valence-electron chi connectivity index (χ3n) is 3.16. The Labute approximate surface area is 120 Å². The molecule has 0 spiro atoms. The fourth-order valence-corrected chi connectivity index (χ4v) is 2.06. The van der Waals surface area contributed by atoms with Gasteiger partial charge in [0.05, 0.1) is 7.11 Å². The highest BCUT2D eigenvalue weighted by molar-refractivity contribution is 5.96. The Morgan fingerprint density at radius 3 is 2.81 bits per heavy atom. The Morgan fingerprint density at radius 2 is 2.19 bits per heavy atom. The van der Waals surface area contributed by atoms with E-state index in [0.29, 0.717) is 10.8 Å². The van der Waals surface area contributed by atoms with Crippen LogP contribution in [0.25, 0.3) is 10.8 Å². The molecule has 110 valence electrons. The van der Waals surface area contributed by atoms with E-state index < -0.39 is 11.7 Å². The minimum Gasteiger partial charge on any atom is -0.299 e. The molecule has 6 heteroatoms. The van der Waals surface area contributed by atoms with Crippen molar-refractivity contribution < 1.29 is 14.0 Å². The lowest BCUT2D eigenvalue weighted by molar-refractivity contribution is -0.0763. The zero-order valence-corrected chi connectivity index (χ0v) is 11.8. The molecular formula is C15H15FN2O3. The third-order valence-corrected chi connectivity index (χ3v) is 3.16. The van der Waals surface area contributed by atoms with Gasteiger partial charge in [0.2, 0.25) is 0 Å². The summed E-state index contributed by atoms with van der Waals surface area (Å²) in [6, 6.07) is 5.31. The smallest absolute Gasteiger partial charge is 0.293 e. The molecule has 0 bridgehead atoms. The molecule has 2 rings (SSSR count). The molecule has 0 N–H and O–H groups in total. The Hall–Kier alpha value is -2.47. The summed E-state index contributed by atoms with van der Waals surface area (Å²) in [5.74, 6) is -0.968. The van der Waals surface area contributed by atoms with Gasteiger partial charge in [-0.05, 0) is 29.7 Å². The second-order valence-electron chi connectivity index (χ2n) is 4.45. The van der Waals surface area contributed by atoms with Gasteiger partial charge >= 0.3 is 0 Å². The van der Waals surface area contributed by atoms with Crippen molar-refractivity contribution in [2.75, 3.05) is 14.2 Å². The van der Waals surface area contributed by atoms with Crippen LogP contribution in [-0.2, 0) is 11.4 Å². The van der Waals surface area contributed by atoms with Gasteiger partial charge in [-0.3, -0.25) is 19.0 Å². The number of amides is 1. The van der Waals surface area contributed by atoms with Crippen LogP contribution in [0.4, 0.5) is 4.39 Å². The van der Waals surface area contributed by atoms with Gasteiger partial charge in [-0.1, -0.05) is 6.08 Å². The predicted molar refractivity (Wildman–Crippen MR) is 77.5 cm³/mol. The Bertz CT molecular complexity index is 767. The maximum Gasteiger partial charge on any atom is 0.293 e. The van der Waals surface area contributed by atoms with Crippen molar-refractivity contribution in [3.05, 3.63) is 58.8 Å². The van der Waals surface area contributed by atoms with E-state index >= 15 is 0 Å². The summed E-state index contributed by atoms with van der Waals surface area (Å²) in [4.78, 5) is 29.6. The second kappa shape index (κ2) is 5.88. The number of halogens is 1. The molecule has 1 amide bonds. The number of hydrogen-bond donors (Lipinski definition) is 0. The summed E-state index contributed by atoms with van der Waals surface area (Å²) in [5, 5.41) is 1.71. The number of hydroxylamine groups is 2. The van der Waals surface area contributed by atoms with E-state index in [1.54, 1.807) is 0 Å². The first-order valence-corrected chi connectivity index (χ1v) is 6.25. The van der Waals surface area contributed by atoms with Crippen LogP contribution < -0.4 is 5.56 Å². The van der Waals surface area contributed by atoms with E-state index in [-0.39, 0.29) is 17.8 Å². The lowest BCUT2D eigenvalue weighted by Crippen LogP contribution is -2.33. The van der Waals surface area contributed by atoms with Gasteiger partial charge < -0.3 is 0 Å². The third kappa shape index (κ3) is 2.71. The molecule has 0 unspecified atom stereocenters. The monoisotopic (exact) mass is 290 g/mol. The number of carbonyl (C=O) groups excluding carboxylic acids is 1. The quantitative estimate of drug-likeness (QED) is 0.639. The molecule has 2 aromatic rings. The maximum atomic E-state index is 13.3. The first-order chi connectivity index (χ1) is 9.99. The van der Waals surface area contributed by atoms with Gasteiger partial charge in [-0.15, -0.1) is 6.58 Å². The molecule has 0 fully saturated rings. The van der Waals surface area contributed by atoms with E-state index in [1.165, 1.54) is 49.1 Å². The molecule has 0 saturated carbocycles. The standard InChI is InChI=1S/C15H15FN2O3/c1-4-7-18-13(15(20)17(2)21-3)9-10-8-11(16)5-6-12(10)14(18)19/h4-6,8-9H,1,7H2,2-3H3. The molecule has 1 aromatic heterocycles. The number of allylic oxidation sites excluding steroid dienone is 1. The molecular weight excluding hydrogens is 275 g/mol. The Balaban J connectivity index is 2.78. The van der Waals surface area contributed by atoms with Crippen LogP contribution in [0.3, 0.4) is 0 Å². The second-order valence-corrected chi connectivity index (χ2v) is 4.45. The average Bonchev–Trinajstić information content (AvgIpc) is 2.48. The van der Waals surface area contributed by atoms with E-state index in [4.69, 9.17) is 4.84 Å². The number of aromatic nitrogens is 1. The molecule has 0 aliphatic carbocycles. The number of hydrogen-bond acceptors (Lipinski definition) is 3. The summed E-state index contributed by atoms with van der Waals surface area (Å²) in [6.45, 7) is 3.75. The SMILES string of the molecule is C=CCn1c(C(=O)N(C)OC)cc2cc(F)ccc2c1=O. The Morgan fingerprint density at radius 1 is 1.48 bits per heavy atom. The summed E-state index contributed by atoms with van der Waals surface area (Å²) in [7, 11) is 2.77. The fourth-order valence-electron chi connectivity index (χ4n) is 2.06. The van der Waals surface area contributed by atoms with Crippen LogP contribution in [0.1, 0.15) is 10.5 Å². The van der Waals surface area contributed by atoms with Gasteiger partial charge in [0, 0.05) is 19.0 Å². The maximum absolute atomic E-state index is 13.3. The molecule has 1 aromatic carbocycles. The van der Waals surface area contributed by atoms with Crippen molar-refractivity contribution in [2.45, 2.75) is 6.54 Å². The lowest BCUT2D eigenvalue weighted by Gasteiger charge is -2.17. The number of rotatable bonds is 4. The minimum absolute atomic E-state index is 0.113. The molecule has 1 heterocycles. The number of fused-ring (bicyclic) bond motifs is 1. The van der Waals surface area contributed by atoms with Crippen LogP contribution >= 0.6 is 0 Å². The van der Waals surface area contributed by atoms with Crippen molar-refractivity contribution in [3.63, 3.8) is 0 Å². The zero-order chi connectivity index (χ0) is 15.6. The van der Waals surface area contributed by atoms with E-state index in [0.717, 1.165) is 5.06 Å². The summed E-state index contributed by atoms with van der Waals surface area (Å²) < 4.78 is 14.6. The molecule has 21 heavy (non-hydrogen) atoms. The highest BCUT2D eigenvalue weighted by Crippen LogP contribution is 2.15. The molecule has 0 atom stereocenters. The van der Waals surface area contributed by atoms with Crippen molar-refractivity contribution in [2.24, 2.45) is 0 Å². The normalized spacial score (nSPS) is 10.6. The molecule has 0 saturated heterocycles. The van der Waals surface area contributed by atoms with Crippen LogP contribution in [-0.4, -0.2) is 29.7 Å². The van der Waals surface area contributed by atoms with E-state index in [2.05, 4.69) is 6.58 Å². The van der Waals surface area contributed by atoms with Gasteiger partial charge in [0.25, 0.3) is 11.5 Å². The van der Waals surface area contributed by atoms with Crippen molar-refractivity contribution >= 4 is 16.7 Å². The van der Waals surface area contributed by atoms with E-state index in [9.17, 15) is 14.0 Å². The van der Waals surface area contributed by atoms with Crippen molar-refractivity contribution in [3.8, 4) is 0 Å². The zero-order valence-electron chi connectivity index (χ0n) is 11.8. The summed E-state index contributed by atoms with van der Waals surface area (Å²) >= 11 is 0. The molecule has 0 aliphatic rings. The summed E-state index contributed by atoms with van der Waals surface area (Å²) in [6.07, 6.45) is 1.51. The predicted octanol–water partition coefficient (Wildman–Crippen LogP) is 1.96. The summed E-state index contributed by atoms with van der Waals surface area (Å²) in [5.41, 5.74) is -0.261. The van der Waals surface area contributed by atoms with E-state index in [1.807, 2.05) is 0 Å². The van der Waals surface area contributed by atoms with Crippen LogP contribution in [0, 0.1) is 5.82 Å². The van der Waals surface area contributed by atoms with Crippen LogP contribution in [0.15, 0.2) is 41.7 Å². The topological polar surface area (TPSA) is 51.5 Å². The van der Waals surface area contributed by atoms with Gasteiger partial charge in [0.1, 0.15) is 11.5 Å². The average molecular weight is 290 g/mol. The first-order valence-electron chi connectivity index (χ1n) is 6.25. The number of carbonyl (C=O) groups is 1. The number of benzene rings is 1. The van der Waals surface area contributed by atoms with Crippen LogP contribution in [0.2, 0.25) is 0 Å². The first kappa shape index (κ1) is 14.9. The minimum atomic E-state index is -0.498. The van der Waals surface area contributed by atoms with Crippen LogP contribution in [0.5, 0.6) is 0 Å². The molecule has 0 aliphatic heterocycles. The number of nitrogens with zero attached hydrogens (tertiary/aromatic N) is 2. The van der Waals surface area contributed by atoms with Gasteiger partial charge in [0.15, 0.2) is 0 Å². The Kier molecular flexibility index (Phi) is 4.18. The van der Waals surface area contributed by atoms with Gasteiger partial charge in [-0.2, -0.15) is 0 Å². The lowest BCUT2D eigenvalue weighted by atomic mass is 10.1. The number of pyridine rings is 1. The molecule has 0 radical (unpaired) electrons. The largest absolute Gasteiger partial charge is 0.299 e. The van der Waals surface area contributed by atoms with Crippen molar-refractivity contribution in [1.29, 1.82) is 0 Å². The molecule has 5 nitrogen and oxygen atoms in total. The fraction of sp³-hybridized carbons (Fsp3) is 0.200. The van der Waals surface area contributed by atoms with Crippen molar-refractivity contribution in [1.82, 2.24) is 9.63 Å². The highest BCUT2D eigenvalue weighted by Gasteiger charge is 2.18. The van der Waals surface area contributed by atoms with Gasteiger partial charge in [-0.25, -0.2) is 9.45 Å². The highest BCUT2D eigenvalue weighted by atomic mass is 19.1.